The van der Waals surface area contributed by atoms with Crippen LogP contribution in [0.4, 0.5) is 0 Å². The van der Waals surface area contributed by atoms with Crippen molar-refractivity contribution in [2.75, 3.05) is 12.9 Å². The van der Waals surface area contributed by atoms with E-state index in [0.717, 1.165) is 29.1 Å². The number of fused-ring (bicyclic) bond motifs is 1. The van der Waals surface area contributed by atoms with Crippen molar-refractivity contribution in [2.24, 2.45) is 0 Å². The molecular formula is C24H27N5O2S2. The van der Waals surface area contributed by atoms with E-state index >= 15 is 0 Å². The molecule has 33 heavy (non-hydrogen) atoms. The Hall–Kier alpha value is -2.91. The number of ether oxygens (including phenoxy) is 1. The van der Waals surface area contributed by atoms with Gasteiger partial charge < -0.3 is 9.64 Å². The summed E-state index contributed by atoms with van der Waals surface area (Å²) >= 11 is 3.06. The zero-order valence-electron chi connectivity index (χ0n) is 19.2. The third-order valence-electron chi connectivity index (χ3n) is 5.36. The number of thiophene rings is 1. The Labute approximate surface area is 201 Å². The normalized spacial score (nSPS) is 12.1. The number of hydrogen-bond acceptors (Lipinski definition) is 7. The second-order valence-corrected chi connectivity index (χ2v) is 9.91. The molecule has 1 aromatic carbocycles. The maximum atomic E-state index is 13.4. The summed E-state index contributed by atoms with van der Waals surface area (Å²) in [6, 6.07) is 14.0. The van der Waals surface area contributed by atoms with Gasteiger partial charge in [0.1, 0.15) is 5.75 Å². The lowest BCUT2D eigenvalue weighted by atomic mass is 10.1. The Balaban J connectivity index is 1.49. The van der Waals surface area contributed by atoms with Crippen LogP contribution in [-0.2, 0) is 17.8 Å². The summed E-state index contributed by atoms with van der Waals surface area (Å²) in [7, 11) is 1.65. The van der Waals surface area contributed by atoms with Gasteiger partial charge in [-0.3, -0.25) is 4.79 Å². The molecule has 3 aromatic heterocycles. The first kappa shape index (κ1) is 23.3. The Morgan fingerprint density at radius 1 is 1.21 bits per heavy atom. The van der Waals surface area contributed by atoms with Gasteiger partial charge in [-0.2, -0.15) is 4.98 Å². The fourth-order valence-corrected chi connectivity index (χ4v) is 5.20. The third kappa shape index (κ3) is 5.72. The van der Waals surface area contributed by atoms with Crippen LogP contribution in [0.5, 0.6) is 5.75 Å². The molecule has 4 rings (SSSR count). The number of aryl methyl sites for hydroxylation is 2. The first-order chi connectivity index (χ1) is 15.9. The van der Waals surface area contributed by atoms with E-state index in [0.29, 0.717) is 17.5 Å². The molecule has 0 spiro atoms. The number of thioether (sulfide) groups is 1. The van der Waals surface area contributed by atoms with Crippen LogP contribution in [-0.4, -0.2) is 49.3 Å². The zero-order chi connectivity index (χ0) is 23.4. The second-order valence-electron chi connectivity index (χ2n) is 7.94. The fraction of sp³-hybridized carbons (Fsp3) is 0.333. The topological polar surface area (TPSA) is 72.6 Å². The molecule has 3 heterocycles. The predicted molar refractivity (Wildman–Crippen MR) is 132 cm³/mol. The van der Waals surface area contributed by atoms with Crippen molar-refractivity contribution in [3.63, 3.8) is 0 Å². The van der Waals surface area contributed by atoms with E-state index in [4.69, 9.17) is 4.74 Å². The summed E-state index contributed by atoms with van der Waals surface area (Å²) in [6.45, 7) is 6.54. The molecule has 1 amide bonds. The first-order valence-corrected chi connectivity index (χ1v) is 12.6. The van der Waals surface area contributed by atoms with Crippen LogP contribution >= 0.6 is 23.1 Å². The van der Waals surface area contributed by atoms with Gasteiger partial charge in [0.15, 0.2) is 0 Å². The predicted octanol–water partition coefficient (Wildman–Crippen LogP) is 4.56. The Bertz CT molecular complexity index is 1220. The summed E-state index contributed by atoms with van der Waals surface area (Å²) in [5.41, 5.74) is 2.93. The number of nitrogens with zero attached hydrogens (tertiary/aromatic N) is 5. The molecule has 1 unspecified atom stereocenters. The molecule has 172 valence electrons. The first-order valence-electron chi connectivity index (χ1n) is 10.7. The van der Waals surface area contributed by atoms with Crippen LogP contribution in [0.1, 0.15) is 28.8 Å². The quantitative estimate of drug-likeness (QED) is 0.326. The molecule has 0 bridgehead atoms. The van der Waals surface area contributed by atoms with Crippen molar-refractivity contribution in [2.45, 2.75) is 44.9 Å². The van der Waals surface area contributed by atoms with Gasteiger partial charge in [-0.15, -0.1) is 16.4 Å². The SMILES string of the molecule is COc1ccc(CN(C(=O)CSc2nc3nc(C)cc(C)n3n2)C(C)Cc2cccs2)cc1. The average Bonchev–Trinajstić information content (AvgIpc) is 3.46. The summed E-state index contributed by atoms with van der Waals surface area (Å²) in [5, 5.41) is 7.14. The van der Waals surface area contributed by atoms with Crippen molar-refractivity contribution in [3.05, 3.63) is 69.7 Å². The van der Waals surface area contributed by atoms with Gasteiger partial charge in [-0.25, -0.2) is 9.50 Å². The number of hydrogen-bond donors (Lipinski definition) is 0. The van der Waals surface area contributed by atoms with Crippen molar-refractivity contribution in [3.8, 4) is 5.75 Å². The standard InChI is InChI=1S/C24H27N5O2S2/c1-16-12-18(3)29-23(25-16)26-24(27-29)33-15-22(30)28(17(2)13-21-6-5-11-32-21)14-19-7-9-20(31-4)10-8-19/h5-12,17H,13-15H2,1-4H3. The highest BCUT2D eigenvalue weighted by atomic mass is 32.2. The highest BCUT2D eigenvalue weighted by Gasteiger charge is 2.22. The number of methoxy groups -OCH3 is 1. The molecule has 0 saturated carbocycles. The molecule has 0 aliphatic rings. The Morgan fingerprint density at radius 3 is 2.70 bits per heavy atom. The van der Waals surface area contributed by atoms with E-state index in [2.05, 4.69) is 33.4 Å². The fourth-order valence-electron chi connectivity index (χ4n) is 3.67. The van der Waals surface area contributed by atoms with Crippen LogP contribution in [0.15, 0.2) is 53.0 Å². The lowest BCUT2D eigenvalue weighted by Gasteiger charge is -2.29. The maximum Gasteiger partial charge on any atom is 0.253 e. The largest absolute Gasteiger partial charge is 0.497 e. The van der Waals surface area contributed by atoms with Gasteiger partial charge in [-0.1, -0.05) is 30.0 Å². The summed E-state index contributed by atoms with van der Waals surface area (Å²) in [6.07, 6.45) is 0.819. The molecule has 7 nitrogen and oxygen atoms in total. The summed E-state index contributed by atoms with van der Waals surface area (Å²) < 4.78 is 6.98. The second kappa shape index (κ2) is 10.4. The minimum absolute atomic E-state index is 0.0550. The molecule has 4 aromatic rings. The van der Waals surface area contributed by atoms with E-state index < -0.39 is 0 Å². The Kier molecular flexibility index (Phi) is 7.29. The molecule has 0 aliphatic carbocycles. The van der Waals surface area contributed by atoms with Gasteiger partial charge in [0, 0.05) is 35.3 Å². The number of rotatable bonds is 9. The van der Waals surface area contributed by atoms with Gasteiger partial charge in [0.2, 0.25) is 11.1 Å². The summed E-state index contributed by atoms with van der Waals surface area (Å²) in [4.78, 5) is 25.5. The van der Waals surface area contributed by atoms with Crippen LogP contribution in [0.2, 0.25) is 0 Å². The van der Waals surface area contributed by atoms with Crippen LogP contribution in [0.25, 0.3) is 5.78 Å². The van der Waals surface area contributed by atoms with Crippen molar-refractivity contribution in [1.29, 1.82) is 0 Å². The van der Waals surface area contributed by atoms with E-state index in [1.54, 1.807) is 23.0 Å². The molecule has 9 heteroatoms. The highest BCUT2D eigenvalue weighted by molar-refractivity contribution is 7.99. The lowest BCUT2D eigenvalue weighted by molar-refractivity contribution is -0.131. The molecule has 0 radical (unpaired) electrons. The smallest absolute Gasteiger partial charge is 0.253 e. The van der Waals surface area contributed by atoms with Crippen molar-refractivity contribution >= 4 is 34.8 Å². The molecule has 0 aliphatic heterocycles. The third-order valence-corrected chi connectivity index (χ3v) is 7.09. The Morgan fingerprint density at radius 2 is 2.00 bits per heavy atom. The van der Waals surface area contributed by atoms with Crippen LogP contribution in [0, 0.1) is 13.8 Å². The maximum absolute atomic E-state index is 13.4. The van der Waals surface area contributed by atoms with E-state index in [1.807, 2.05) is 55.1 Å². The lowest BCUT2D eigenvalue weighted by Crippen LogP contribution is -2.40. The molecule has 0 fully saturated rings. The minimum atomic E-state index is 0.0550. The monoisotopic (exact) mass is 481 g/mol. The number of carbonyl (C=O) groups excluding carboxylic acids is 1. The number of aromatic nitrogens is 4. The van der Waals surface area contributed by atoms with Gasteiger partial charge >= 0.3 is 0 Å². The number of amides is 1. The molecule has 1 atom stereocenters. The highest BCUT2D eigenvalue weighted by Crippen LogP contribution is 2.21. The van der Waals surface area contributed by atoms with E-state index in [1.165, 1.54) is 16.6 Å². The van der Waals surface area contributed by atoms with Crippen LogP contribution < -0.4 is 4.74 Å². The van der Waals surface area contributed by atoms with E-state index in [9.17, 15) is 4.79 Å². The molecular weight excluding hydrogens is 454 g/mol. The average molecular weight is 482 g/mol. The molecule has 0 N–H and O–H groups in total. The van der Waals surface area contributed by atoms with Gasteiger partial charge in [-0.05, 0) is 56.0 Å². The number of benzene rings is 1. The van der Waals surface area contributed by atoms with Crippen molar-refractivity contribution in [1.82, 2.24) is 24.5 Å². The van der Waals surface area contributed by atoms with Crippen LogP contribution in [0.3, 0.4) is 0 Å². The number of carbonyl (C=O) groups is 1. The minimum Gasteiger partial charge on any atom is -0.497 e. The van der Waals surface area contributed by atoms with E-state index in [-0.39, 0.29) is 17.7 Å². The molecule has 0 saturated heterocycles. The summed E-state index contributed by atoms with van der Waals surface area (Å²) in [5.74, 6) is 1.68. The zero-order valence-corrected chi connectivity index (χ0v) is 20.8. The van der Waals surface area contributed by atoms with Crippen molar-refractivity contribution < 1.29 is 9.53 Å². The van der Waals surface area contributed by atoms with Gasteiger partial charge in [0.05, 0.1) is 12.9 Å². The van der Waals surface area contributed by atoms with Gasteiger partial charge in [0.25, 0.3) is 5.78 Å².